The molecule has 0 saturated carbocycles. The Balaban J connectivity index is 1.32. The fraction of sp³-hybridized carbons (Fsp3) is 0.286. The van der Waals surface area contributed by atoms with Crippen LogP contribution < -0.4 is 5.73 Å². The summed E-state index contributed by atoms with van der Waals surface area (Å²) in [6.07, 6.45) is 9.07. The van der Waals surface area contributed by atoms with Crippen LogP contribution in [0.3, 0.4) is 0 Å². The summed E-state index contributed by atoms with van der Waals surface area (Å²) in [5.74, 6) is 1.47. The summed E-state index contributed by atoms with van der Waals surface area (Å²) in [6.45, 7) is 2.95. The number of likely N-dealkylation sites (tertiary alicyclic amines) is 1. The average molecular weight is 572 g/mol. The number of benzene rings is 3. The number of aromatic amines is 2. The van der Waals surface area contributed by atoms with Gasteiger partial charge >= 0.3 is 0 Å². The third-order valence-electron chi connectivity index (χ3n) is 9.06. The number of nitrogens with one attached hydrogen (secondary N) is 2. The first-order valence-electron chi connectivity index (χ1n) is 15.3. The Hall–Kier alpha value is -4.69. The summed E-state index contributed by atoms with van der Waals surface area (Å²) < 4.78 is 2.23. The minimum Gasteiger partial charge on any atom is -0.368 e. The molecule has 8 nitrogen and oxygen atoms in total. The van der Waals surface area contributed by atoms with Crippen LogP contribution in [0.5, 0.6) is 0 Å². The van der Waals surface area contributed by atoms with Gasteiger partial charge in [-0.15, -0.1) is 10.2 Å². The molecule has 4 N–H and O–H groups in total. The van der Waals surface area contributed by atoms with Gasteiger partial charge in [0.05, 0.1) is 12.1 Å². The Morgan fingerprint density at radius 3 is 2.28 bits per heavy atom. The summed E-state index contributed by atoms with van der Waals surface area (Å²) >= 11 is 0. The highest BCUT2D eigenvalue weighted by molar-refractivity contribution is 5.84. The predicted octanol–water partition coefficient (Wildman–Crippen LogP) is 5.81. The van der Waals surface area contributed by atoms with Gasteiger partial charge in [0.15, 0.2) is 5.82 Å². The van der Waals surface area contributed by atoms with Gasteiger partial charge in [-0.25, -0.2) is 0 Å². The monoisotopic (exact) mass is 571 g/mol. The third kappa shape index (κ3) is 5.12. The maximum atomic E-state index is 12.7. The lowest BCUT2D eigenvalue weighted by atomic mass is 10.0. The molecule has 6 aromatic rings. The number of hydrogen-bond donors (Lipinski definition) is 3. The van der Waals surface area contributed by atoms with E-state index < -0.39 is 0 Å². The van der Waals surface area contributed by atoms with Gasteiger partial charge in [-0.1, -0.05) is 55.5 Å². The molecule has 1 fully saturated rings. The summed E-state index contributed by atoms with van der Waals surface area (Å²) in [5.41, 5.74) is 13.0. The number of primary amides is 1. The van der Waals surface area contributed by atoms with Gasteiger partial charge < -0.3 is 15.7 Å². The first-order chi connectivity index (χ1) is 21.1. The molecular formula is C35H37N7O. The van der Waals surface area contributed by atoms with Crippen LogP contribution in [-0.2, 0) is 30.5 Å². The second-order valence-electron chi connectivity index (χ2n) is 11.6. The number of hydrogen-bond acceptors (Lipinski definition) is 4. The van der Waals surface area contributed by atoms with Crippen LogP contribution >= 0.6 is 0 Å². The Morgan fingerprint density at radius 2 is 1.58 bits per heavy atom. The highest BCUT2D eigenvalue weighted by atomic mass is 16.1. The molecule has 3 aromatic carbocycles. The molecular weight excluding hydrogens is 534 g/mol. The van der Waals surface area contributed by atoms with Crippen LogP contribution in [0.2, 0.25) is 0 Å². The average Bonchev–Trinajstić information content (AvgIpc) is 3.84. The van der Waals surface area contributed by atoms with Gasteiger partial charge in [0.1, 0.15) is 5.82 Å². The number of nitrogens with zero attached hydrogens (tertiary/aromatic N) is 4. The maximum Gasteiger partial charge on any atom is 0.234 e. The highest BCUT2D eigenvalue weighted by Gasteiger charge is 2.38. The van der Waals surface area contributed by atoms with Crippen LogP contribution in [0.1, 0.15) is 54.1 Å². The molecule has 0 spiro atoms. The molecule has 4 heterocycles. The minimum atomic E-state index is -0.336. The van der Waals surface area contributed by atoms with Crippen molar-refractivity contribution in [3.63, 3.8) is 0 Å². The second-order valence-corrected chi connectivity index (χ2v) is 11.6. The smallest absolute Gasteiger partial charge is 0.234 e. The Bertz CT molecular complexity index is 1880. The molecule has 1 aliphatic rings. The van der Waals surface area contributed by atoms with Gasteiger partial charge in [-0.3, -0.25) is 14.3 Å². The zero-order chi connectivity index (χ0) is 29.3. The fourth-order valence-corrected chi connectivity index (χ4v) is 6.79. The van der Waals surface area contributed by atoms with Gasteiger partial charge in [0, 0.05) is 46.3 Å². The van der Waals surface area contributed by atoms with Crippen molar-refractivity contribution in [1.29, 1.82) is 0 Å². The normalized spacial score (nSPS) is 16.3. The van der Waals surface area contributed by atoms with E-state index in [1.165, 1.54) is 27.5 Å². The molecule has 1 amide bonds. The van der Waals surface area contributed by atoms with Gasteiger partial charge in [0.2, 0.25) is 5.91 Å². The van der Waals surface area contributed by atoms with Crippen LogP contribution in [0.25, 0.3) is 27.5 Å². The topological polar surface area (TPSA) is 109 Å². The van der Waals surface area contributed by atoms with E-state index in [1.807, 2.05) is 6.07 Å². The van der Waals surface area contributed by atoms with E-state index in [0.29, 0.717) is 6.42 Å². The summed E-state index contributed by atoms with van der Waals surface area (Å²) in [7, 11) is 0. The molecule has 0 radical (unpaired) electrons. The SMILES string of the molecule is CCc1ccc(-n2c(CCc3c[nH]c4ccccc34)nnc2[C@@H](Cc2c[nH]c3ccccc23)N2CCCC2C(N)=O)cc1. The van der Waals surface area contributed by atoms with Crippen LogP contribution in [0.4, 0.5) is 0 Å². The molecule has 0 bridgehead atoms. The maximum absolute atomic E-state index is 12.7. The second kappa shape index (κ2) is 11.5. The summed E-state index contributed by atoms with van der Waals surface area (Å²) in [5, 5.41) is 12.1. The molecule has 1 aliphatic heterocycles. The number of carbonyl (C=O) groups excluding carboxylic acids is 1. The van der Waals surface area contributed by atoms with E-state index in [-0.39, 0.29) is 18.0 Å². The molecule has 0 aliphatic carbocycles. The minimum absolute atomic E-state index is 0.181. The number of amides is 1. The van der Waals surface area contributed by atoms with E-state index in [2.05, 4.69) is 105 Å². The van der Waals surface area contributed by atoms with Gasteiger partial charge in [0.25, 0.3) is 0 Å². The predicted molar refractivity (Wildman–Crippen MR) is 170 cm³/mol. The highest BCUT2D eigenvalue weighted by Crippen LogP contribution is 2.35. The van der Waals surface area contributed by atoms with Crippen molar-refractivity contribution >= 4 is 27.7 Å². The lowest BCUT2D eigenvalue weighted by Gasteiger charge is -2.31. The first-order valence-corrected chi connectivity index (χ1v) is 15.3. The number of aryl methyl sites for hydroxylation is 3. The molecule has 1 unspecified atom stereocenters. The Kier molecular flexibility index (Phi) is 7.28. The number of aromatic nitrogens is 5. The zero-order valence-corrected chi connectivity index (χ0v) is 24.5. The molecule has 1 saturated heterocycles. The van der Waals surface area contributed by atoms with E-state index >= 15 is 0 Å². The number of H-pyrrole nitrogens is 2. The van der Waals surface area contributed by atoms with Gasteiger partial charge in [-0.05, 0) is 79.6 Å². The standard InChI is InChI=1S/C35H37N7O/c1-2-23-13-16-26(17-14-23)42-33(18-15-24-21-37-29-10-5-3-8-27(24)29)39-40-35(42)32(41-19-7-12-31(41)34(36)43)20-25-22-38-30-11-6-4-9-28(25)30/h3-6,8-11,13-14,16-17,21-22,31-32,37-38H,2,7,12,15,18-20H2,1H3,(H2,36,43)/t31?,32-/m1/s1. The Labute approximate surface area is 250 Å². The van der Waals surface area contributed by atoms with Crippen molar-refractivity contribution in [2.45, 2.75) is 57.5 Å². The van der Waals surface area contributed by atoms with Crippen LogP contribution in [0, 0.1) is 0 Å². The zero-order valence-electron chi connectivity index (χ0n) is 24.5. The quantitative estimate of drug-likeness (QED) is 0.193. The van der Waals surface area contributed by atoms with Gasteiger partial charge in [-0.2, -0.15) is 0 Å². The molecule has 7 rings (SSSR count). The molecule has 3 aromatic heterocycles. The summed E-state index contributed by atoms with van der Waals surface area (Å²) in [4.78, 5) is 21.8. The van der Waals surface area contributed by atoms with Crippen molar-refractivity contribution in [3.8, 4) is 5.69 Å². The lowest BCUT2D eigenvalue weighted by molar-refractivity contribution is -0.123. The number of rotatable bonds is 10. The molecule has 43 heavy (non-hydrogen) atoms. The van der Waals surface area contributed by atoms with Crippen molar-refractivity contribution in [3.05, 3.63) is 114 Å². The van der Waals surface area contributed by atoms with Crippen LogP contribution in [-0.4, -0.2) is 48.1 Å². The largest absolute Gasteiger partial charge is 0.368 e. The molecule has 8 heteroatoms. The number of nitrogens with two attached hydrogens (primary N) is 1. The van der Waals surface area contributed by atoms with E-state index in [4.69, 9.17) is 15.9 Å². The number of carbonyl (C=O) groups is 1. The van der Waals surface area contributed by atoms with E-state index in [9.17, 15) is 4.79 Å². The van der Waals surface area contributed by atoms with E-state index in [1.54, 1.807) is 0 Å². The molecule has 2 atom stereocenters. The number of para-hydroxylation sites is 2. The van der Waals surface area contributed by atoms with Crippen molar-refractivity contribution in [2.24, 2.45) is 5.73 Å². The molecule has 218 valence electrons. The van der Waals surface area contributed by atoms with Crippen molar-refractivity contribution < 1.29 is 4.79 Å². The summed E-state index contributed by atoms with van der Waals surface area (Å²) in [6, 6.07) is 24.9. The lowest BCUT2D eigenvalue weighted by Crippen LogP contribution is -2.43. The van der Waals surface area contributed by atoms with Crippen LogP contribution in [0.15, 0.2) is 85.2 Å². The number of fused-ring (bicyclic) bond motifs is 2. The van der Waals surface area contributed by atoms with Crippen molar-refractivity contribution in [1.82, 2.24) is 29.6 Å². The Morgan fingerprint density at radius 1 is 0.907 bits per heavy atom. The van der Waals surface area contributed by atoms with Crippen molar-refractivity contribution in [2.75, 3.05) is 6.54 Å². The van der Waals surface area contributed by atoms with E-state index in [0.717, 1.165) is 67.0 Å². The first kappa shape index (κ1) is 27.2. The fourth-order valence-electron chi connectivity index (χ4n) is 6.79. The third-order valence-corrected chi connectivity index (χ3v) is 9.06.